The van der Waals surface area contributed by atoms with Crippen LogP contribution < -0.4 is 0 Å². The van der Waals surface area contributed by atoms with Gasteiger partial charge in [-0.1, -0.05) is 17.3 Å². The molecule has 2 rings (SSSR count). The molecule has 1 aromatic rings. The third-order valence-electron chi connectivity index (χ3n) is 2.13. The molecular formula is C9H8FNO. The van der Waals surface area contributed by atoms with Crippen molar-refractivity contribution in [3.05, 3.63) is 35.1 Å². The van der Waals surface area contributed by atoms with E-state index in [0.29, 0.717) is 24.1 Å². The van der Waals surface area contributed by atoms with Crippen molar-refractivity contribution in [2.24, 2.45) is 5.16 Å². The Morgan fingerprint density at radius 1 is 1.33 bits per heavy atom. The SMILES string of the molecule is ON=C1Cc2cccc(F)c2C1. The molecule has 0 unspecified atom stereocenters. The molecule has 1 aliphatic rings. The van der Waals surface area contributed by atoms with E-state index in [1.165, 1.54) is 6.07 Å². The minimum atomic E-state index is -0.203. The molecule has 0 saturated heterocycles. The van der Waals surface area contributed by atoms with E-state index < -0.39 is 0 Å². The highest BCUT2D eigenvalue weighted by atomic mass is 19.1. The zero-order valence-corrected chi connectivity index (χ0v) is 6.42. The first-order chi connectivity index (χ1) is 5.81. The van der Waals surface area contributed by atoms with E-state index in [2.05, 4.69) is 5.16 Å². The second-order valence-corrected chi connectivity index (χ2v) is 2.90. The van der Waals surface area contributed by atoms with Crippen LogP contribution in [0.4, 0.5) is 4.39 Å². The Balaban J connectivity index is 2.48. The Morgan fingerprint density at radius 2 is 2.17 bits per heavy atom. The second kappa shape index (κ2) is 2.59. The van der Waals surface area contributed by atoms with E-state index in [1.54, 1.807) is 6.07 Å². The van der Waals surface area contributed by atoms with Crippen molar-refractivity contribution in [1.82, 2.24) is 0 Å². The Morgan fingerprint density at radius 3 is 2.83 bits per heavy atom. The first-order valence-corrected chi connectivity index (χ1v) is 3.77. The molecule has 0 aliphatic heterocycles. The average molecular weight is 165 g/mol. The molecule has 2 nitrogen and oxygen atoms in total. The molecule has 12 heavy (non-hydrogen) atoms. The normalized spacial score (nSPS) is 18.2. The summed E-state index contributed by atoms with van der Waals surface area (Å²) in [6.45, 7) is 0. The predicted molar refractivity (Wildman–Crippen MR) is 43.0 cm³/mol. The fourth-order valence-corrected chi connectivity index (χ4v) is 1.52. The van der Waals surface area contributed by atoms with Crippen molar-refractivity contribution in [3.8, 4) is 0 Å². The van der Waals surface area contributed by atoms with E-state index in [1.807, 2.05) is 6.07 Å². The van der Waals surface area contributed by atoms with Gasteiger partial charge in [0.25, 0.3) is 0 Å². The topological polar surface area (TPSA) is 32.6 Å². The minimum absolute atomic E-state index is 0.203. The van der Waals surface area contributed by atoms with Gasteiger partial charge in [0.05, 0.1) is 5.71 Å². The van der Waals surface area contributed by atoms with Crippen LogP contribution in [0.1, 0.15) is 11.1 Å². The molecule has 0 heterocycles. The summed E-state index contributed by atoms with van der Waals surface area (Å²) in [5, 5.41) is 11.6. The average Bonchev–Trinajstić information content (AvgIpc) is 2.49. The van der Waals surface area contributed by atoms with Crippen LogP contribution in [0.15, 0.2) is 23.4 Å². The fraction of sp³-hybridized carbons (Fsp3) is 0.222. The fourth-order valence-electron chi connectivity index (χ4n) is 1.52. The van der Waals surface area contributed by atoms with E-state index in [4.69, 9.17) is 5.21 Å². The maximum atomic E-state index is 13.1. The minimum Gasteiger partial charge on any atom is -0.411 e. The summed E-state index contributed by atoms with van der Waals surface area (Å²) in [5.41, 5.74) is 2.24. The maximum absolute atomic E-state index is 13.1. The van der Waals surface area contributed by atoms with Crippen molar-refractivity contribution in [1.29, 1.82) is 0 Å². The van der Waals surface area contributed by atoms with Crippen molar-refractivity contribution >= 4 is 5.71 Å². The molecule has 1 N–H and O–H groups in total. The lowest BCUT2D eigenvalue weighted by Crippen LogP contribution is -1.95. The van der Waals surface area contributed by atoms with Gasteiger partial charge in [-0.15, -0.1) is 0 Å². The number of halogens is 1. The smallest absolute Gasteiger partial charge is 0.127 e. The molecule has 0 spiro atoms. The van der Waals surface area contributed by atoms with Crippen molar-refractivity contribution in [2.45, 2.75) is 12.8 Å². The number of hydrogen-bond acceptors (Lipinski definition) is 2. The van der Waals surface area contributed by atoms with Gasteiger partial charge in [-0.3, -0.25) is 0 Å². The summed E-state index contributed by atoms with van der Waals surface area (Å²) in [7, 11) is 0. The van der Waals surface area contributed by atoms with Crippen LogP contribution in [0.3, 0.4) is 0 Å². The van der Waals surface area contributed by atoms with Gasteiger partial charge >= 0.3 is 0 Å². The van der Waals surface area contributed by atoms with Gasteiger partial charge in [-0.05, 0) is 17.2 Å². The van der Waals surface area contributed by atoms with Gasteiger partial charge in [0.2, 0.25) is 0 Å². The van der Waals surface area contributed by atoms with Crippen LogP contribution in [-0.4, -0.2) is 10.9 Å². The maximum Gasteiger partial charge on any atom is 0.127 e. The highest BCUT2D eigenvalue weighted by Gasteiger charge is 2.19. The molecule has 0 aromatic heterocycles. The quantitative estimate of drug-likeness (QED) is 0.461. The Labute approximate surface area is 69.3 Å². The zero-order chi connectivity index (χ0) is 8.55. The molecule has 1 aromatic carbocycles. The summed E-state index contributed by atoms with van der Waals surface area (Å²) in [4.78, 5) is 0. The van der Waals surface area contributed by atoms with Gasteiger partial charge in [-0.2, -0.15) is 0 Å². The van der Waals surface area contributed by atoms with Gasteiger partial charge in [0, 0.05) is 12.8 Å². The summed E-state index contributed by atoms with van der Waals surface area (Å²) in [5.74, 6) is -0.203. The number of benzene rings is 1. The molecule has 0 amide bonds. The number of oxime groups is 1. The Bertz CT molecular complexity index is 346. The van der Waals surface area contributed by atoms with Crippen LogP contribution in [0, 0.1) is 5.82 Å². The summed E-state index contributed by atoms with van der Waals surface area (Å²) in [6.07, 6.45) is 1.02. The highest BCUT2D eigenvalue weighted by Crippen LogP contribution is 2.22. The standard InChI is InChI=1S/C9H8FNO/c10-9-3-1-2-6-4-7(11-12)5-8(6)9/h1-3,12H,4-5H2. The van der Waals surface area contributed by atoms with Gasteiger partial charge < -0.3 is 5.21 Å². The molecule has 0 saturated carbocycles. The Kier molecular flexibility index (Phi) is 1.57. The van der Waals surface area contributed by atoms with Crippen LogP contribution in [-0.2, 0) is 12.8 Å². The van der Waals surface area contributed by atoms with Crippen LogP contribution in [0.5, 0.6) is 0 Å². The molecule has 0 radical (unpaired) electrons. The van der Waals surface area contributed by atoms with E-state index in [-0.39, 0.29) is 5.82 Å². The first kappa shape index (κ1) is 7.28. The van der Waals surface area contributed by atoms with E-state index >= 15 is 0 Å². The predicted octanol–water partition coefficient (Wildman–Crippen LogP) is 1.75. The number of hydrogen-bond donors (Lipinski definition) is 1. The zero-order valence-electron chi connectivity index (χ0n) is 6.42. The number of nitrogens with zero attached hydrogens (tertiary/aromatic N) is 1. The lowest BCUT2D eigenvalue weighted by molar-refractivity contribution is 0.317. The van der Waals surface area contributed by atoms with Crippen molar-refractivity contribution in [3.63, 3.8) is 0 Å². The van der Waals surface area contributed by atoms with Crippen molar-refractivity contribution in [2.75, 3.05) is 0 Å². The summed E-state index contributed by atoms with van der Waals surface area (Å²) >= 11 is 0. The van der Waals surface area contributed by atoms with Crippen molar-refractivity contribution < 1.29 is 9.60 Å². The third kappa shape index (κ3) is 0.978. The molecule has 0 bridgehead atoms. The molecule has 0 fully saturated rings. The molecule has 62 valence electrons. The van der Waals surface area contributed by atoms with Crippen LogP contribution in [0.2, 0.25) is 0 Å². The Hall–Kier alpha value is -1.38. The molecule has 3 heteroatoms. The lowest BCUT2D eigenvalue weighted by Gasteiger charge is -1.96. The number of fused-ring (bicyclic) bond motifs is 1. The van der Waals surface area contributed by atoms with Gasteiger partial charge in [0.1, 0.15) is 5.82 Å². The van der Waals surface area contributed by atoms with Crippen LogP contribution >= 0.6 is 0 Å². The van der Waals surface area contributed by atoms with E-state index in [0.717, 1.165) is 5.56 Å². The third-order valence-corrected chi connectivity index (χ3v) is 2.13. The summed E-state index contributed by atoms with van der Waals surface area (Å²) < 4.78 is 13.1. The summed E-state index contributed by atoms with van der Waals surface area (Å²) in [6, 6.07) is 4.96. The molecular weight excluding hydrogens is 157 g/mol. The first-order valence-electron chi connectivity index (χ1n) is 3.77. The lowest BCUT2D eigenvalue weighted by atomic mass is 10.1. The van der Waals surface area contributed by atoms with Gasteiger partial charge in [0.15, 0.2) is 0 Å². The largest absolute Gasteiger partial charge is 0.411 e. The number of rotatable bonds is 0. The highest BCUT2D eigenvalue weighted by molar-refractivity contribution is 5.92. The molecule has 0 atom stereocenters. The molecule has 1 aliphatic carbocycles. The van der Waals surface area contributed by atoms with E-state index in [9.17, 15) is 4.39 Å². The van der Waals surface area contributed by atoms with Crippen LogP contribution in [0.25, 0.3) is 0 Å². The monoisotopic (exact) mass is 165 g/mol. The van der Waals surface area contributed by atoms with Gasteiger partial charge in [-0.25, -0.2) is 4.39 Å². The second-order valence-electron chi connectivity index (χ2n) is 2.90.